The third kappa shape index (κ3) is 2.85. The Morgan fingerprint density at radius 2 is 1.90 bits per heavy atom. The number of hydrogen-bond acceptors (Lipinski definition) is 6. The number of benzene rings is 2. The van der Waals surface area contributed by atoms with Gasteiger partial charge in [-0.25, -0.2) is 0 Å². The van der Waals surface area contributed by atoms with Gasteiger partial charge in [-0.3, -0.25) is 4.79 Å². The minimum absolute atomic E-state index is 0.0279. The van der Waals surface area contributed by atoms with Crippen molar-refractivity contribution in [2.75, 3.05) is 20.8 Å². The molecule has 0 aromatic heterocycles. The quantitative estimate of drug-likeness (QED) is 0.560. The highest BCUT2D eigenvalue weighted by Gasteiger charge is 2.45. The second-order valence-electron chi connectivity index (χ2n) is 7.64. The standard InChI is InChI=1S/C23H21IO6/c1-11(9-24)16-7-14-15(29-16)5-4-12-22(25)21-13-6-18(26-2)19(27-3)8-17(13)28-10-20(21)30-23(12)14/h4-6,8-9,16,20-21H,7,10H2,1-3H3/b11-9-/t16-,20-,21+/m1/s1/i24-2. The van der Waals surface area contributed by atoms with Crippen molar-refractivity contribution in [2.45, 2.75) is 31.5 Å². The van der Waals surface area contributed by atoms with Crippen molar-refractivity contribution in [3.8, 4) is 28.7 Å². The molecule has 0 radical (unpaired) electrons. The fourth-order valence-corrected chi connectivity index (χ4v) is 4.79. The average molecular weight is 518 g/mol. The molecule has 0 saturated heterocycles. The Bertz CT molecular complexity index is 1080. The molecule has 3 atom stereocenters. The first-order valence-electron chi connectivity index (χ1n) is 9.74. The van der Waals surface area contributed by atoms with Gasteiger partial charge in [0.25, 0.3) is 0 Å². The molecule has 2 aromatic carbocycles. The summed E-state index contributed by atoms with van der Waals surface area (Å²) in [5.74, 6) is 2.76. The van der Waals surface area contributed by atoms with E-state index in [1.54, 1.807) is 20.3 Å². The van der Waals surface area contributed by atoms with E-state index in [1.807, 2.05) is 29.2 Å². The van der Waals surface area contributed by atoms with Crippen LogP contribution in [-0.2, 0) is 6.42 Å². The third-order valence-corrected chi connectivity index (χ3v) is 6.98. The largest absolute Gasteiger partial charge is 0.493 e. The van der Waals surface area contributed by atoms with Gasteiger partial charge in [-0.05, 0) is 34.8 Å². The van der Waals surface area contributed by atoms with Crippen molar-refractivity contribution in [3.05, 3.63) is 50.6 Å². The lowest BCUT2D eigenvalue weighted by atomic mass is 9.81. The first kappa shape index (κ1) is 19.5. The van der Waals surface area contributed by atoms with Gasteiger partial charge in [0.15, 0.2) is 17.3 Å². The van der Waals surface area contributed by atoms with Gasteiger partial charge < -0.3 is 23.7 Å². The molecule has 3 aliphatic heterocycles. The van der Waals surface area contributed by atoms with E-state index in [2.05, 4.69) is 22.6 Å². The Balaban J connectivity index is 1.56. The highest BCUT2D eigenvalue weighted by Crippen LogP contribution is 2.49. The van der Waals surface area contributed by atoms with Crippen LogP contribution in [0, 0.1) is 0 Å². The third-order valence-electron chi connectivity index (χ3n) is 6.00. The van der Waals surface area contributed by atoms with E-state index in [9.17, 15) is 4.79 Å². The lowest BCUT2D eigenvalue weighted by Crippen LogP contribution is -2.43. The SMILES string of the molecule is COc1cc2c(cc1OC)[C@@H]1C(=O)c3ccc4c(c3O[C@@H]1CO2)C[C@H](/C(C)=C\[125I])O4. The zero-order valence-corrected chi connectivity index (χ0v) is 19.0. The molecule has 7 heteroatoms. The Hall–Kier alpha value is -2.42. The zero-order valence-electron chi connectivity index (χ0n) is 16.9. The molecule has 2 aromatic rings. The highest BCUT2D eigenvalue weighted by atomic mass is 125. The van der Waals surface area contributed by atoms with Gasteiger partial charge >= 0.3 is 0 Å². The maximum Gasteiger partial charge on any atom is 0.178 e. The molecule has 5 rings (SSSR count). The average Bonchev–Trinajstić information content (AvgIpc) is 3.22. The first-order valence-corrected chi connectivity index (χ1v) is 11.0. The van der Waals surface area contributed by atoms with Crippen LogP contribution in [0.5, 0.6) is 28.7 Å². The number of fused-ring (bicyclic) bond motifs is 6. The second kappa shape index (κ2) is 7.37. The molecule has 3 aliphatic rings. The number of carbonyl (C=O) groups excluding carboxylic acids is 1. The summed E-state index contributed by atoms with van der Waals surface area (Å²) in [6, 6.07) is 7.28. The number of hydrogen-bond donors (Lipinski definition) is 0. The molecule has 0 aliphatic carbocycles. The van der Waals surface area contributed by atoms with Crippen molar-refractivity contribution in [1.29, 1.82) is 0 Å². The van der Waals surface area contributed by atoms with E-state index in [0.717, 1.165) is 22.4 Å². The van der Waals surface area contributed by atoms with Crippen LogP contribution in [0.15, 0.2) is 33.9 Å². The van der Waals surface area contributed by atoms with Crippen LogP contribution in [0.1, 0.15) is 34.3 Å². The summed E-state index contributed by atoms with van der Waals surface area (Å²) >= 11 is 2.22. The van der Waals surface area contributed by atoms with Gasteiger partial charge in [-0.2, -0.15) is 0 Å². The summed E-state index contributed by atoms with van der Waals surface area (Å²) in [5.41, 5.74) is 3.47. The van der Waals surface area contributed by atoms with Gasteiger partial charge in [0, 0.05) is 23.6 Å². The highest BCUT2D eigenvalue weighted by molar-refractivity contribution is 14.1. The van der Waals surface area contributed by atoms with E-state index >= 15 is 0 Å². The summed E-state index contributed by atoms with van der Waals surface area (Å²) in [7, 11) is 3.15. The molecule has 0 bridgehead atoms. The number of rotatable bonds is 3. The number of halogens is 1. The number of carbonyl (C=O) groups is 1. The van der Waals surface area contributed by atoms with Gasteiger partial charge in [0.1, 0.15) is 36.1 Å². The van der Waals surface area contributed by atoms with Crippen molar-refractivity contribution < 1.29 is 28.5 Å². The fraction of sp³-hybridized carbons (Fsp3) is 0.348. The monoisotopic (exact) mass is 518 g/mol. The van der Waals surface area contributed by atoms with E-state index < -0.39 is 12.0 Å². The van der Waals surface area contributed by atoms with Crippen molar-refractivity contribution in [3.63, 3.8) is 0 Å². The normalized spacial score (nSPS) is 23.8. The predicted molar refractivity (Wildman–Crippen MR) is 119 cm³/mol. The Morgan fingerprint density at radius 3 is 2.63 bits per heavy atom. The Labute approximate surface area is 188 Å². The molecule has 3 heterocycles. The summed E-state index contributed by atoms with van der Waals surface area (Å²) in [6.07, 6.45) is 0.263. The van der Waals surface area contributed by atoms with Gasteiger partial charge in [0.2, 0.25) is 0 Å². The van der Waals surface area contributed by atoms with Gasteiger partial charge in [-0.1, -0.05) is 22.6 Å². The molecule has 30 heavy (non-hydrogen) atoms. The molecule has 0 N–H and O–H groups in total. The molecule has 156 valence electrons. The lowest BCUT2D eigenvalue weighted by molar-refractivity contribution is 0.0554. The second-order valence-corrected chi connectivity index (χ2v) is 8.26. The van der Waals surface area contributed by atoms with Crippen LogP contribution < -0.4 is 23.7 Å². The van der Waals surface area contributed by atoms with E-state index in [-0.39, 0.29) is 11.9 Å². The molecule has 0 amide bonds. The van der Waals surface area contributed by atoms with Crippen molar-refractivity contribution >= 4 is 28.4 Å². The molecule has 0 fully saturated rings. The van der Waals surface area contributed by atoms with Crippen LogP contribution in [0.25, 0.3) is 0 Å². The minimum atomic E-state index is -0.451. The Morgan fingerprint density at radius 1 is 1.13 bits per heavy atom. The summed E-state index contributed by atoms with van der Waals surface area (Å²) in [6.45, 7) is 2.34. The number of ether oxygens (including phenoxy) is 5. The molecule has 0 unspecified atom stereocenters. The van der Waals surface area contributed by atoms with Gasteiger partial charge in [0.05, 0.1) is 25.7 Å². The fourth-order valence-electron chi connectivity index (χ4n) is 4.39. The molecular weight excluding hydrogens is 497 g/mol. The first-order chi connectivity index (χ1) is 14.5. The zero-order chi connectivity index (χ0) is 21.0. The number of methoxy groups -OCH3 is 2. The summed E-state index contributed by atoms with van der Waals surface area (Å²) in [4.78, 5) is 13.6. The predicted octanol–water partition coefficient (Wildman–Crippen LogP) is 4.47. The Kier molecular flexibility index (Phi) is 4.80. The van der Waals surface area contributed by atoms with Crippen LogP contribution in [0.3, 0.4) is 0 Å². The minimum Gasteiger partial charge on any atom is -0.493 e. The molecule has 0 spiro atoms. The summed E-state index contributed by atoms with van der Waals surface area (Å²) in [5, 5.41) is 0. The van der Waals surface area contributed by atoms with E-state index in [0.29, 0.717) is 41.6 Å². The topological polar surface area (TPSA) is 63.2 Å². The number of ketones is 1. The smallest absolute Gasteiger partial charge is 0.178 e. The molecular formula is C23H21IO6. The van der Waals surface area contributed by atoms with Crippen LogP contribution in [0.2, 0.25) is 0 Å². The van der Waals surface area contributed by atoms with E-state index in [4.69, 9.17) is 23.7 Å². The van der Waals surface area contributed by atoms with Crippen molar-refractivity contribution in [2.24, 2.45) is 0 Å². The van der Waals surface area contributed by atoms with Crippen LogP contribution in [0.4, 0.5) is 0 Å². The molecule has 6 nitrogen and oxygen atoms in total. The summed E-state index contributed by atoms with van der Waals surface area (Å²) < 4.78 is 31.2. The van der Waals surface area contributed by atoms with Crippen molar-refractivity contribution in [1.82, 2.24) is 0 Å². The lowest BCUT2D eigenvalue weighted by Gasteiger charge is -2.37. The molecule has 0 saturated carbocycles. The van der Waals surface area contributed by atoms with Crippen LogP contribution in [-0.4, -0.2) is 38.8 Å². The maximum atomic E-state index is 13.6. The van der Waals surface area contributed by atoms with E-state index in [1.165, 1.54) is 0 Å². The van der Waals surface area contributed by atoms with Gasteiger partial charge in [-0.15, -0.1) is 0 Å². The maximum absolute atomic E-state index is 13.6. The van der Waals surface area contributed by atoms with Crippen LogP contribution >= 0.6 is 22.6 Å². The number of Topliss-reactive ketones (excluding diaryl/α,β-unsaturated/α-hetero) is 1.